The van der Waals surface area contributed by atoms with E-state index in [4.69, 9.17) is 62.3 Å². The molecule has 0 radical (unpaired) electrons. The summed E-state index contributed by atoms with van der Waals surface area (Å²) in [6.07, 6.45) is 14.4. The lowest BCUT2D eigenvalue weighted by atomic mass is 10.1. The van der Waals surface area contributed by atoms with Crippen molar-refractivity contribution in [2.24, 2.45) is 0 Å². The van der Waals surface area contributed by atoms with Gasteiger partial charge in [-0.2, -0.15) is 0 Å². The molecule has 0 spiro atoms. The Hall–Kier alpha value is -0.560. The van der Waals surface area contributed by atoms with Crippen LogP contribution in [-0.2, 0) is 52.1 Å². The van der Waals surface area contributed by atoms with Gasteiger partial charge in [-0.25, -0.2) is 0 Å². The molecule has 0 aromatic rings. The van der Waals surface area contributed by atoms with Gasteiger partial charge in [-0.15, -0.1) is 0 Å². The molecule has 0 saturated carbocycles. The van der Waals surface area contributed by atoms with E-state index in [0.29, 0.717) is 145 Å². The monoisotopic (exact) mass is 772 g/mol. The van der Waals surface area contributed by atoms with Gasteiger partial charge in [-0.3, -0.25) is 0 Å². The summed E-state index contributed by atoms with van der Waals surface area (Å²) < 4.78 is 60.5. The number of nitrogens with zero attached hydrogens (tertiary/aromatic N) is 1. The molecule has 320 valence electrons. The number of rotatable bonds is 49. The number of aliphatic hydroxyl groups is 2. The second kappa shape index (κ2) is 49.5. The summed E-state index contributed by atoms with van der Waals surface area (Å²) in [6.45, 7) is 16.8. The van der Waals surface area contributed by atoms with Gasteiger partial charge < -0.3 is 67.2 Å². The van der Waals surface area contributed by atoms with Gasteiger partial charge in [0.2, 0.25) is 0 Å². The van der Waals surface area contributed by atoms with Crippen LogP contribution in [0.3, 0.4) is 0 Å². The molecule has 2 N–H and O–H groups in total. The number of unbranched alkanes of at least 4 members (excludes halogenated alkanes) is 9. The molecule has 0 amide bonds. The third kappa shape index (κ3) is 47.5. The predicted octanol–water partition coefficient (Wildman–Crippen LogP) is 3.77. The van der Waals surface area contributed by atoms with Gasteiger partial charge in [0, 0.05) is 19.7 Å². The van der Waals surface area contributed by atoms with E-state index in [-0.39, 0.29) is 13.2 Å². The predicted molar refractivity (Wildman–Crippen MR) is 206 cm³/mol. The third-order valence-corrected chi connectivity index (χ3v) is 7.96. The molecule has 0 aliphatic carbocycles. The molecule has 0 aliphatic heterocycles. The van der Waals surface area contributed by atoms with E-state index < -0.39 is 0 Å². The van der Waals surface area contributed by atoms with Crippen LogP contribution in [-0.4, -0.2) is 193 Å². The first-order valence-corrected chi connectivity index (χ1v) is 20.6. The van der Waals surface area contributed by atoms with E-state index >= 15 is 0 Å². The van der Waals surface area contributed by atoms with Crippen LogP contribution in [0.1, 0.15) is 77.6 Å². The van der Waals surface area contributed by atoms with Crippen LogP contribution in [0.4, 0.5) is 0 Å². The molecule has 0 aromatic heterocycles. The van der Waals surface area contributed by atoms with Gasteiger partial charge in [0.1, 0.15) is 0 Å². The van der Waals surface area contributed by atoms with Crippen LogP contribution in [0.2, 0.25) is 0 Å². The van der Waals surface area contributed by atoms with E-state index in [1.165, 1.54) is 64.2 Å². The Morgan fingerprint density at radius 1 is 0.264 bits per heavy atom. The summed E-state index contributed by atoms with van der Waals surface area (Å²) in [5.74, 6) is 0. The lowest BCUT2D eigenvalue weighted by Crippen LogP contribution is -2.31. The summed E-state index contributed by atoms with van der Waals surface area (Å²) in [4.78, 5) is 2.50. The van der Waals surface area contributed by atoms with Crippen LogP contribution >= 0.6 is 0 Å². The largest absolute Gasteiger partial charge is 0.394 e. The molecule has 0 heterocycles. The summed E-state index contributed by atoms with van der Waals surface area (Å²) in [5, 5.41) is 17.3. The highest BCUT2D eigenvalue weighted by atomic mass is 16.6. The van der Waals surface area contributed by atoms with E-state index in [9.17, 15) is 0 Å². The molecule has 0 saturated heterocycles. The minimum Gasteiger partial charge on any atom is -0.394 e. The Kier molecular flexibility index (Phi) is 48.9. The van der Waals surface area contributed by atoms with Crippen molar-refractivity contribution in [3.05, 3.63) is 0 Å². The van der Waals surface area contributed by atoms with Gasteiger partial charge in [-0.05, 0) is 19.4 Å². The summed E-state index contributed by atoms with van der Waals surface area (Å²) >= 11 is 0. The second-order valence-electron chi connectivity index (χ2n) is 12.6. The van der Waals surface area contributed by atoms with Crippen molar-refractivity contribution < 1.29 is 62.3 Å². The van der Waals surface area contributed by atoms with Crippen LogP contribution < -0.4 is 0 Å². The topological polar surface area (TPSA) is 145 Å². The molecule has 53 heavy (non-hydrogen) atoms. The van der Waals surface area contributed by atoms with Crippen molar-refractivity contribution >= 4 is 0 Å². The van der Waals surface area contributed by atoms with Crippen molar-refractivity contribution in [3.8, 4) is 0 Å². The second-order valence-corrected chi connectivity index (χ2v) is 12.6. The normalized spacial score (nSPS) is 11.8. The maximum absolute atomic E-state index is 8.65. The first-order valence-electron chi connectivity index (χ1n) is 20.6. The minimum absolute atomic E-state index is 0.0282. The maximum Gasteiger partial charge on any atom is 0.0701 e. The number of hydrogen-bond donors (Lipinski definition) is 2. The van der Waals surface area contributed by atoms with Crippen LogP contribution in [0.15, 0.2) is 0 Å². The highest BCUT2D eigenvalue weighted by Crippen LogP contribution is 2.11. The van der Waals surface area contributed by atoms with Crippen molar-refractivity contribution in [1.82, 2.24) is 4.90 Å². The molecular weight excluding hydrogens is 690 g/mol. The van der Waals surface area contributed by atoms with E-state index in [1.807, 2.05) is 0 Å². The smallest absolute Gasteiger partial charge is 0.0701 e. The summed E-state index contributed by atoms with van der Waals surface area (Å²) in [5.41, 5.74) is 0. The Bertz CT molecular complexity index is 642. The fourth-order valence-corrected chi connectivity index (χ4v) is 5.05. The molecule has 0 fully saturated rings. The zero-order valence-electron chi connectivity index (χ0n) is 33.7. The van der Waals surface area contributed by atoms with Gasteiger partial charge in [-0.1, -0.05) is 64.7 Å². The standard InChI is InChI=1S/C39H81NO13/c1-2-3-4-5-6-7-8-9-10-11-13-40(14-12-18-43-22-26-47-30-34-51-36-32-49-28-24-45-20-16-41)15-19-44-23-27-48-31-35-52-38-39-53-37-33-50-29-25-46-21-17-42/h41-42H,2-39H2,1H3. The van der Waals surface area contributed by atoms with Crippen molar-refractivity contribution in [3.63, 3.8) is 0 Å². The van der Waals surface area contributed by atoms with Crippen molar-refractivity contribution in [2.45, 2.75) is 77.6 Å². The lowest BCUT2D eigenvalue weighted by molar-refractivity contribution is -0.0190. The van der Waals surface area contributed by atoms with Crippen molar-refractivity contribution in [2.75, 3.05) is 178 Å². The highest BCUT2D eigenvalue weighted by molar-refractivity contribution is 4.59. The van der Waals surface area contributed by atoms with Crippen LogP contribution in [0, 0.1) is 0 Å². The van der Waals surface area contributed by atoms with Gasteiger partial charge in [0.25, 0.3) is 0 Å². The highest BCUT2D eigenvalue weighted by Gasteiger charge is 2.06. The third-order valence-electron chi connectivity index (χ3n) is 7.96. The average molecular weight is 772 g/mol. The SMILES string of the molecule is CCCCCCCCCCCCN(CCCOCCOCCOCCOCCOCCO)CCOCCOCCOCCOCCOCCOCCO. The molecule has 0 aromatic carbocycles. The maximum atomic E-state index is 8.65. The fraction of sp³-hybridized carbons (Fsp3) is 1.00. The molecule has 0 bridgehead atoms. The summed E-state index contributed by atoms with van der Waals surface area (Å²) in [6, 6.07) is 0. The molecular formula is C39H81NO13. The Morgan fingerprint density at radius 3 is 0.868 bits per heavy atom. The quantitative estimate of drug-likeness (QED) is 0.0866. The number of aliphatic hydroxyl groups excluding tert-OH is 2. The van der Waals surface area contributed by atoms with E-state index in [2.05, 4.69) is 11.8 Å². The molecule has 0 unspecified atom stereocenters. The van der Waals surface area contributed by atoms with Crippen molar-refractivity contribution in [1.29, 1.82) is 0 Å². The van der Waals surface area contributed by atoms with E-state index in [1.54, 1.807) is 0 Å². The molecule has 0 aliphatic rings. The zero-order valence-corrected chi connectivity index (χ0v) is 33.7. The summed E-state index contributed by atoms with van der Waals surface area (Å²) in [7, 11) is 0. The average Bonchev–Trinajstić information content (AvgIpc) is 3.17. The Labute approximate surface area is 322 Å². The van der Waals surface area contributed by atoms with Crippen LogP contribution in [0.25, 0.3) is 0 Å². The molecule has 14 heteroatoms. The van der Waals surface area contributed by atoms with E-state index in [0.717, 1.165) is 26.1 Å². The fourth-order valence-electron chi connectivity index (χ4n) is 5.05. The zero-order chi connectivity index (χ0) is 38.2. The molecule has 14 nitrogen and oxygen atoms in total. The number of ether oxygens (including phenoxy) is 11. The first-order chi connectivity index (χ1) is 26.3. The lowest BCUT2D eigenvalue weighted by Gasteiger charge is -2.22. The first kappa shape index (κ1) is 52.4. The molecule has 0 atom stereocenters. The molecule has 0 rings (SSSR count). The van der Waals surface area contributed by atoms with Gasteiger partial charge >= 0.3 is 0 Å². The number of hydrogen-bond acceptors (Lipinski definition) is 14. The Morgan fingerprint density at radius 2 is 0.528 bits per heavy atom. The van der Waals surface area contributed by atoms with Gasteiger partial charge in [0.05, 0.1) is 152 Å². The van der Waals surface area contributed by atoms with Gasteiger partial charge in [0.15, 0.2) is 0 Å². The Balaban J connectivity index is 3.85. The van der Waals surface area contributed by atoms with Crippen LogP contribution in [0.5, 0.6) is 0 Å². The minimum atomic E-state index is 0.0282.